The van der Waals surface area contributed by atoms with Crippen LogP contribution in [0.1, 0.15) is 11.1 Å². The highest BCUT2D eigenvalue weighted by molar-refractivity contribution is 6.32. The Morgan fingerprint density at radius 3 is 2.67 bits per heavy atom. The summed E-state index contributed by atoms with van der Waals surface area (Å²) in [5, 5.41) is 4.05. The van der Waals surface area contributed by atoms with E-state index in [1.165, 1.54) is 5.56 Å². The molecule has 0 radical (unpaired) electrons. The molecule has 0 spiro atoms. The first-order valence-corrected chi connectivity index (χ1v) is 7.53. The number of rotatable bonds is 5. The zero-order chi connectivity index (χ0) is 14.5. The third kappa shape index (κ3) is 3.69. The van der Waals surface area contributed by atoms with Crippen LogP contribution in [0.4, 0.5) is 0 Å². The lowest BCUT2D eigenvalue weighted by molar-refractivity contribution is 0.171. The first kappa shape index (κ1) is 14.2. The van der Waals surface area contributed by atoms with Gasteiger partial charge in [-0.1, -0.05) is 41.9 Å². The molecular weight excluding hydrogens is 286 g/mol. The standard InChI is InChI=1S/C17H18ClNO2/c18-15-10-14(11-16-17(15)21-9-8-20-16)12-19-7-6-13-4-2-1-3-5-13/h1-5,10-11,19H,6-9,12H2. The van der Waals surface area contributed by atoms with E-state index in [9.17, 15) is 0 Å². The first-order valence-electron chi connectivity index (χ1n) is 7.15. The number of nitrogens with one attached hydrogen (secondary N) is 1. The molecule has 1 aliphatic heterocycles. The summed E-state index contributed by atoms with van der Waals surface area (Å²) in [4.78, 5) is 0. The summed E-state index contributed by atoms with van der Waals surface area (Å²) in [5.41, 5.74) is 2.45. The highest BCUT2D eigenvalue weighted by Gasteiger charge is 2.16. The Morgan fingerprint density at radius 2 is 1.81 bits per heavy atom. The van der Waals surface area contributed by atoms with Gasteiger partial charge in [-0.3, -0.25) is 0 Å². The highest BCUT2D eigenvalue weighted by atomic mass is 35.5. The molecule has 3 nitrogen and oxygen atoms in total. The van der Waals surface area contributed by atoms with E-state index in [2.05, 4.69) is 29.6 Å². The van der Waals surface area contributed by atoms with Gasteiger partial charge in [0.2, 0.25) is 0 Å². The van der Waals surface area contributed by atoms with Gasteiger partial charge in [0.15, 0.2) is 11.5 Å². The third-order valence-corrected chi connectivity index (χ3v) is 3.70. The van der Waals surface area contributed by atoms with Crippen LogP contribution < -0.4 is 14.8 Å². The van der Waals surface area contributed by atoms with Gasteiger partial charge in [-0.05, 0) is 36.2 Å². The lowest BCUT2D eigenvalue weighted by Gasteiger charge is -2.20. The molecule has 0 fully saturated rings. The van der Waals surface area contributed by atoms with Crippen molar-refractivity contribution in [3.05, 3.63) is 58.6 Å². The first-order chi connectivity index (χ1) is 10.3. The summed E-state index contributed by atoms with van der Waals surface area (Å²) >= 11 is 6.22. The normalized spacial score (nSPS) is 13.2. The molecule has 1 heterocycles. The molecule has 0 saturated carbocycles. The number of hydrogen-bond acceptors (Lipinski definition) is 3. The minimum absolute atomic E-state index is 0.557. The monoisotopic (exact) mass is 303 g/mol. The minimum atomic E-state index is 0.557. The van der Waals surface area contributed by atoms with Gasteiger partial charge >= 0.3 is 0 Å². The van der Waals surface area contributed by atoms with Crippen LogP contribution in [-0.2, 0) is 13.0 Å². The van der Waals surface area contributed by atoms with E-state index < -0.39 is 0 Å². The number of ether oxygens (including phenoxy) is 2. The maximum absolute atomic E-state index is 6.22. The number of halogens is 1. The van der Waals surface area contributed by atoms with Crippen molar-refractivity contribution in [1.82, 2.24) is 5.32 Å². The van der Waals surface area contributed by atoms with Gasteiger partial charge in [-0.15, -0.1) is 0 Å². The predicted molar refractivity (Wildman–Crippen MR) is 84.3 cm³/mol. The molecule has 0 bridgehead atoms. The zero-order valence-corrected chi connectivity index (χ0v) is 12.5. The van der Waals surface area contributed by atoms with Crippen LogP contribution in [0.5, 0.6) is 11.5 Å². The van der Waals surface area contributed by atoms with E-state index in [1.807, 2.05) is 18.2 Å². The molecule has 0 aliphatic carbocycles. The van der Waals surface area contributed by atoms with E-state index in [4.69, 9.17) is 21.1 Å². The Hall–Kier alpha value is -1.71. The van der Waals surface area contributed by atoms with Gasteiger partial charge in [0, 0.05) is 6.54 Å². The lowest BCUT2D eigenvalue weighted by atomic mass is 10.1. The second-order valence-corrected chi connectivity index (χ2v) is 5.42. The fourth-order valence-corrected chi connectivity index (χ4v) is 2.66. The molecule has 4 heteroatoms. The predicted octanol–water partition coefficient (Wildman–Crippen LogP) is 3.44. The molecule has 1 N–H and O–H groups in total. The average Bonchev–Trinajstić information content (AvgIpc) is 2.53. The van der Waals surface area contributed by atoms with Crippen molar-refractivity contribution in [2.45, 2.75) is 13.0 Å². The summed E-state index contributed by atoms with van der Waals surface area (Å²) in [5.74, 6) is 1.41. The number of benzene rings is 2. The lowest BCUT2D eigenvalue weighted by Crippen LogP contribution is -2.18. The van der Waals surface area contributed by atoms with E-state index in [1.54, 1.807) is 0 Å². The number of hydrogen-bond donors (Lipinski definition) is 1. The average molecular weight is 304 g/mol. The van der Waals surface area contributed by atoms with Gasteiger partial charge in [0.25, 0.3) is 0 Å². The van der Waals surface area contributed by atoms with E-state index in [-0.39, 0.29) is 0 Å². The molecule has 1 aliphatic rings. The van der Waals surface area contributed by atoms with Crippen LogP contribution in [-0.4, -0.2) is 19.8 Å². The Bertz CT molecular complexity index is 601. The fourth-order valence-electron chi connectivity index (χ4n) is 2.38. The molecule has 3 rings (SSSR count). The topological polar surface area (TPSA) is 30.5 Å². The van der Waals surface area contributed by atoms with Crippen molar-refractivity contribution in [3.63, 3.8) is 0 Å². The van der Waals surface area contributed by atoms with Gasteiger partial charge in [0.1, 0.15) is 13.2 Å². The molecule has 0 atom stereocenters. The van der Waals surface area contributed by atoms with Crippen LogP contribution in [0.2, 0.25) is 5.02 Å². The maximum Gasteiger partial charge on any atom is 0.179 e. The van der Waals surface area contributed by atoms with Crippen molar-refractivity contribution in [1.29, 1.82) is 0 Å². The van der Waals surface area contributed by atoms with Gasteiger partial charge in [-0.25, -0.2) is 0 Å². The summed E-state index contributed by atoms with van der Waals surface area (Å²) in [6.07, 6.45) is 1.01. The number of fused-ring (bicyclic) bond motifs is 1. The van der Waals surface area contributed by atoms with Crippen LogP contribution in [0.15, 0.2) is 42.5 Å². The van der Waals surface area contributed by atoms with Crippen LogP contribution in [0.25, 0.3) is 0 Å². The summed E-state index contributed by atoms with van der Waals surface area (Å²) in [6, 6.07) is 14.4. The Balaban J connectivity index is 1.55. The highest BCUT2D eigenvalue weighted by Crippen LogP contribution is 2.38. The van der Waals surface area contributed by atoms with Crippen LogP contribution >= 0.6 is 11.6 Å². The van der Waals surface area contributed by atoms with Crippen molar-refractivity contribution >= 4 is 11.6 Å². The van der Waals surface area contributed by atoms with Crippen molar-refractivity contribution in [3.8, 4) is 11.5 Å². The summed E-state index contributed by atoms with van der Waals surface area (Å²) in [7, 11) is 0. The molecule has 0 unspecified atom stereocenters. The van der Waals surface area contributed by atoms with E-state index in [0.29, 0.717) is 24.0 Å². The summed E-state index contributed by atoms with van der Waals surface area (Å²) < 4.78 is 11.1. The molecule has 2 aromatic carbocycles. The molecule has 0 amide bonds. The van der Waals surface area contributed by atoms with E-state index in [0.717, 1.165) is 30.8 Å². The van der Waals surface area contributed by atoms with Gasteiger partial charge < -0.3 is 14.8 Å². The molecular formula is C17H18ClNO2. The molecule has 0 saturated heterocycles. The Labute approximate surface area is 129 Å². The minimum Gasteiger partial charge on any atom is -0.486 e. The second-order valence-electron chi connectivity index (χ2n) is 5.01. The van der Waals surface area contributed by atoms with Gasteiger partial charge in [0.05, 0.1) is 5.02 Å². The van der Waals surface area contributed by atoms with Crippen molar-refractivity contribution in [2.24, 2.45) is 0 Å². The zero-order valence-electron chi connectivity index (χ0n) is 11.8. The molecule has 0 aromatic heterocycles. The summed E-state index contributed by atoms with van der Waals surface area (Å²) in [6.45, 7) is 2.83. The SMILES string of the molecule is Clc1cc(CNCCc2ccccc2)cc2c1OCCO2. The second kappa shape index (κ2) is 6.83. The van der Waals surface area contributed by atoms with Crippen LogP contribution in [0, 0.1) is 0 Å². The van der Waals surface area contributed by atoms with Crippen molar-refractivity contribution in [2.75, 3.05) is 19.8 Å². The Morgan fingerprint density at radius 1 is 1.00 bits per heavy atom. The van der Waals surface area contributed by atoms with Crippen molar-refractivity contribution < 1.29 is 9.47 Å². The quantitative estimate of drug-likeness (QED) is 0.858. The van der Waals surface area contributed by atoms with Crippen LogP contribution in [0.3, 0.4) is 0 Å². The van der Waals surface area contributed by atoms with Gasteiger partial charge in [-0.2, -0.15) is 0 Å². The molecule has 21 heavy (non-hydrogen) atoms. The third-order valence-electron chi connectivity index (χ3n) is 3.42. The van der Waals surface area contributed by atoms with E-state index >= 15 is 0 Å². The fraction of sp³-hybridized carbons (Fsp3) is 0.294. The smallest absolute Gasteiger partial charge is 0.179 e. The Kier molecular flexibility index (Phi) is 4.63. The molecule has 110 valence electrons. The largest absolute Gasteiger partial charge is 0.486 e. The molecule has 2 aromatic rings. The maximum atomic E-state index is 6.22.